The van der Waals surface area contributed by atoms with Gasteiger partial charge in [0.25, 0.3) is 0 Å². The van der Waals surface area contributed by atoms with Gasteiger partial charge in [-0.1, -0.05) is 12.1 Å². The largest absolute Gasteiger partial charge is 0.482 e. The van der Waals surface area contributed by atoms with Crippen molar-refractivity contribution in [3.63, 3.8) is 0 Å². The smallest absolute Gasteiger partial charge is 0.340 e. The summed E-state index contributed by atoms with van der Waals surface area (Å²) in [5.74, 6) is -1.61. The number of nitrogens with one attached hydrogen (secondary N) is 1. The second-order valence-electron chi connectivity index (χ2n) is 5.90. The minimum absolute atomic E-state index is 0.193. The summed E-state index contributed by atoms with van der Waals surface area (Å²) in [7, 11) is 2.74. The molecule has 0 radical (unpaired) electrons. The molecule has 1 N–H and O–H groups in total. The van der Waals surface area contributed by atoms with Crippen LogP contribution in [0.15, 0.2) is 66.2 Å². The number of ether oxygens (including phenoxy) is 3. The van der Waals surface area contributed by atoms with Crippen LogP contribution in [0.1, 0.15) is 18.4 Å². The zero-order valence-electron chi connectivity index (χ0n) is 15.8. The highest BCUT2D eigenvalue weighted by molar-refractivity contribution is 5.99. The molecule has 0 aliphatic carbocycles. The van der Waals surface area contributed by atoms with Gasteiger partial charge in [-0.15, -0.1) is 0 Å². The number of aromatic nitrogens is 2. The number of methoxy groups -OCH3 is 2. The monoisotopic (exact) mass is 383 g/mol. The summed E-state index contributed by atoms with van der Waals surface area (Å²) >= 11 is 0. The third-order valence-corrected chi connectivity index (χ3v) is 4.33. The average molecular weight is 383 g/mol. The van der Waals surface area contributed by atoms with Gasteiger partial charge in [-0.3, -0.25) is 0 Å². The maximum absolute atomic E-state index is 12.7. The molecule has 1 unspecified atom stereocenters. The molecule has 146 valence electrons. The van der Waals surface area contributed by atoms with E-state index in [1.165, 1.54) is 20.4 Å². The summed E-state index contributed by atoms with van der Waals surface area (Å²) in [6, 6.07) is 7.45. The fraction of sp³-hybridized carbons (Fsp3) is 0.250. The van der Waals surface area contributed by atoms with Gasteiger partial charge < -0.3 is 24.1 Å². The van der Waals surface area contributed by atoms with Gasteiger partial charge in [-0.05, 0) is 24.6 Å². The number of imidazole rings is 1. The van der Waals surface area contributed by atoms with Crippen LogP contribution < -0.4 is 5.32 Å². The van der Waals surface area contributed by atoms with Gasteiger partial charge in [0, 0.05) is 24.3 Å². The molecule has 0 bridgehead atoms. The Morgan fingerprint density at radius 1 is 1.25 bits per heavy atom. The molecule has 1 aromatic carbocycles. The Kier molecular flexibility index (Phi) is 5.78. The Morgan fingerprint density at radius 3 is 2.71 bits per heavy atom. The molecule has 0 spiro atoms. The van der Waals surface area contributed by atoms with Crippen molar-refractivity contribution in [2.75, 3.05) is 20.8 Å². The summed E-state index contributed by atoms with van der Waals surface area (Å²) in [5.41, 5.74) is 2.02. The van der Waals surface area contributed by atoms with Crippen molar-refractivity contribution >= 4 is 11.9 Å². The van der Waals surface area contributed by atoms with Gasteiger partial charge in [-0.25, -0.2) is 14.6 Å². The zero-order valence-corrected chi connectivity index (χ0v) is 15.8. The molecule has 28 heavy (non-hydrogen) atoms. The molecule has 1 aliphatic heterocycles. The summed E-state index contributed by atoms with van der Waals surface area (Å²) in [4.78, 5) is 29.2. The molecule has 1 atom stereocenters. The van der Waals surface area contributed by atoms with Crippen LogP contribution >= 0.6 is 0 Å². The van der Waals surface area contributed by atoms with Gasteiger partial charge in [0.2, 0.25) is 5.88 Å². The van der Waals surface area contributed by atoms with E-state index < -0.39 is 17.9 Å². The molecule has 8 heteroatoms. The highest BCUT2D eigenvalue weighted by Crippen LogP contribution is 2.37. The SMILES string of the molecule is CCOC(=O)C1=C(OC)NC=C(C(=O)OC)C1c1cccc(-n2ccnc2)c1. The van der Waals surface area contributed by atoms with E-state index in [9.17, 15) is 9.59 Å². The van der Waals surface area contributed by atoms with Crippen molar-refractivity contribution < 1.29 is 23.8 Å². The van der Waals surface area contributed by atoms with E-state index in [1.54, 1.807) is 25.6 Å². The van der Waals surface area contributed by atoms with Gasteiger partial charge in [0.15, 0.2) is 0 Å². The summed E-state index contributed by atoms with van der Waals surface area (Å²) in [5, 5.41) is 2.84. The Labute approximate surface area is 162 Å². The van der Waals surface area contributed by atoms with E-state index in [2.05, 4.69) is 10.3 Å². The highest BCUT2D eigenvalue weighted by Gasteiger charge is 2.37. The minimum atomic E-state index is -0.717. The fourth-order valence-corrected chi connectivity index (χ4v) is 3.10. The molecule has 2 heterocycles. The lowest BCUT2D eigenvalue weighted by Crippen LogP contribution is -2.31. The second-order valence-corrected chi connectivity index (χ2v) is 5.90. The topological polar surface area (TPSA) is 91.7 Å². The number of hydrogen-bond acceptors (Lipinski definition) is 7. The molecule has 3 rings (SSSR count). The van der Waals surface area contributed by atoms with Crippen molar-refractivity contribution in [2.24, 2.45) is 0 Å². The lowest BCUT2D eigenvalue weighted by molar-refractivity contribution is -0.139. The number of benzene rings is 1. The summed E-state index contributed by atoms with van der Waals surface area (Å²) in [6.45, 7) is 1.91. The first-order valence-electron chi connectivity index (χ1n) is 8.69. The molecule has 0 fully saturated rings. The lowest BCUT2D eigenvalue weighted by atomic mass is 9.83. The normalized spacial score (nSPS) is 16.1. The Bertz CT molecular complexity index is 931. The first-order valence-corrected chi connectivity index (χ1v) is 8.69. The number of carbonyl (C=O) groups is 2. The van der Waals surface area contributed by atoms with E-state index in [-0.39, 0.29) is 23.6 Å². The Hall–Kier alpha value is -3.55. The number of esters is 2. The minimum Gasteiger partial charge on any atom is -0.482 e. The van der Waals surface area contributed by atoms with Gasteiger partial charge in [0.1, 0.15) is 5.57 Å². The van der Waals surface area contributed by atoms with Gasteiger partial charge >= 0.3 is 11.9 Å². The third kappa shape index (κ3) is 3.62. The standard InChI is InChI=1S/C20H21N3O5/c1-4-28-20(25)17-16(15(19(24)27-3)11-22-18(17)26-2)13-6-5-7-14(10-13)23-9-8-21-12-23/h5-12,16,22H,4H2,1-3H3. The molecule has 0 saturated heterocycles. The summed E-state index contributed by atoms with van der Waals surface area (Å²) in [6.07, 6.45) is 6.63. The number of hydrogen-bond donors (Lipinski definition) is 1. The van der Waals surface area contributed by atoms with Crippen molar-refractivity contribution in [3.8, 4) is 5.69 Å². The number of carbonyl (C=O) groups excluding carboxylic acids is 2. The van der Waals surface area contributed by atoms with Crippen LogP contribution in [0.2, 0.25) is 0 Å². The average Bonchev–Trinajstić information content (AvgIpc) is 3.27. The predicted molar refractivity (Wildman–Crippen MR) is 100 cm³/mol. The van der Waals surface area contributed by atoms with Crippen LogP contribution in [0.5, 0.6) is 0 Å². The van der Waals surface area contributed by atoms with Crippen molar-refractivity contribution in [2.45, 2.75) is 12.8 Å². The van der Waals surface area contributed by atoms with Crippen LogP contribution in [0.25, 0.3) is 5.69 Å². The van der Waals surface area contributed by atoms with Crippen molar-refractivity contribution in [3.05, 3.63) is 71.8 Å². The summed E-state index contributed by atoms with van der Waals surface area (Å²) < 4.78 is 17.3. The van der Waals surface area contributed by atoms with E-state index in [1.807, 2.05) is 28.8 Å². The third-order valence-electron chi connectivity index (χ3n) is 4.33. The first kappa shape index (κ1) is 19.2. The molecular weight excluding hydrogens is 362 g/mol. The number of rotatable bonds is 6. The first-order chi connectivity index (χ1) is 13.6. The lowest BCUT2D eigenvalue weighted by Gasteiger charge is -2.27. The highest BCUT2D eigenvalue weighted by atomic mass is 16.5. The number of dihydropyridines is 1. The molecule has 8 nitrogen and oxygen atoms in total. The molecular formula is C20H21N3O5. The maximum atomic E-state index is 12.7. The van der Waals surface area contributed by atoms with E-state index in [4.69, 9.17) is 14.2 Å². The molecule has 1 aromatic heterocycles. The van der Waals surface area contributed by atoms with E-state index in [0.29, 0.717) is 5.56 Å². The maximum Gasteiger partial charge on any atom is 0.340 e. The van der Waals surface area contributed by atoms with Crippen LogP contribution in [-0.2, 0) is 23.8 Å². The van der Waals surface area contributed by atoms with E-state index >= 15 is 0 Å². The zero-order chi connectivity index (χ0) is 20.1. The van der Waals surface area contributed by atoms with Gasteiger partial charge in [-0.2, -0.15) is 0 Å². The van der Waals surface area contributed by atoms with Crippen LogP contribution in [0, 0.1) is 0 Å². The van der Waals surface area contributed by atoms with Crippen LogP contribution in [-0.4, -0.2) is 42.3 Å². The molecule has 2 aromatic rings. The Morgan fingerprint density at radius 2 is 2.07 bits per heavy atom. The Balaban J connectivity index is 2.15. The van der Waals surface area contributed by atoms with Gasteiger partial charge in [0.05, 0.1) is 38.6 Å². The number of nitrogens with zero attached hydrogens (tertiary/aromatic N) is 2. The fourth-order valence-electron chi connectivity index (χ4n) is 3.10. The predicted octanol–water partition coefficient (Wildman–Crippen LogP) is 2.04. The van der Waals surface area contributed by atoms with Crippen LogP contribution in [0.4, 0.5) is 0 Å². The van der Waals surface area contributed by atoms with Crippen molar-refractivity contribution in [1.29, 1.82) is 0 Å². The van der Waals surface area contributed by atoms with E-state index in [0.717, 1.165) is 5.69 Å². The molecule has 0 amide bonds. The second kappa shape index (κ2) is 8.43. The quantitative estimate of drug-likeness (QED) is 0.763. The molecule has 1 aliphatic rings. The van der Waals surface area contributed by atoms with Crippen LogP contribution in [0.3, 0.4) is 0 Å². The molecule has 0 saturated carbocycles. The van der Waals surface area contributed by atoms with Crippen molar-refractivity contribution in [1.82, 2.24) is 14.9 Å².